The summed E-state index contributed by atoms with van der Waals surface area (Å²) >= 11 is 0.952. The van der Waals surface area contributed by atoms with Crippen molar-refractivity contribution in [2.75, 3.05) is 13.7 Å². The maximum absolute atomic E-state index is 13.1. The van der Waals surface area contributed by atoms with Gasteiger partial charge >= 0.3 is 5.97 Å². The van der Waals surface area contributed by atoms with Crippen LogP contribution in [0.4, 0.5) is 5.82 Å². The second-order valence-corrected chi connectivity index (χ2v) is 13.3. The fourth-order valence-corrected chi connectivity index (χ4v) is 6.04. The standard InChI is InChI=1S/C37H43N5O9S/c1-5-11-28-26-13-10-14-29(43)27(26)17-18-30(28)49-21-9-8-20-37(2,3)36(47)41-33(35(45)46)40-34(44)25-16-19-32(38-22-25)42-39-23-24-12-6-7-15-31(24)52-51-50-48-4/h5-7,12,15-19,22,33H,1,8-11,13-14,20-21,23H2,2-4H3,(H,40,44)(H,41,47)(H,45,46)/t33-/m1/s1. The minimum atomic E-state index is -1.67. The molecule has 0 spiro atoms. The van der Waals surface area contributed by atoms with E-state index in [1.54, 1.807) is 19.9 Å². The van der Waals surface area contributed by atoms with Crippen molar-refractivity contribution in [2.24, 2.45) is 15.6 Å². The lowest BCUT2D eigenvalue weighted by Crippen LogP contribution is -2.55. The van der Waals surface area contributed by atoms with Crippen LogP contribution in [0.3, 0.4) is 0 Å². The third-order valence-corrected chi connectivity index (χ3v) is 9.05. The molecular weight excluding hydrogens is 691 g/mol. The number of unbranched alkanes of at least 4 members (excludes halogenated alkanes) is 1. The number of hydrogen-bond donors (Lipinski definition) is 3. The molecule has 0 radical (unpaired) electrons. The van der Waals surface area contributed by atoms with Crippen molar-refractivity contribution in [3.05, 3.63) is 95.2 Å². The number of Topliss-reactive ketones (excluding diaryl/α,β-unsaturated/α-hetero) is 1. The number of carboxylic acids is 1. The molecule has 1 aliphatic rings. The van der Waals surface area contributed by atoms with Gasteiger partial charge in [0.25, 0.3) is 5.91 Å². The molecule has 15 heteroatoms. The zero-order valence-corrected chi connectivity index (χ0v) is 30.2. The number of carboxylic acid groups (broad SMARTS) is 1. The lowest BCUT2D eigenvalue weighted by atomic mass is 9.85. The molecule has 3 N–H and O–H groups in total. The molecule has 0 fully saturated rings. The Morgan fingerprint density at radius 3 is 2.63 bits per heavy atom. The van der Waals surface area contributed by atoms with Crippen LogP contribution in [0.25, 0.3) is 0 Å². The third kappa shape index (κ3) is 11.3. The van der Waals surface area contributed by atoms with Crippen LogP contribution in [0.2, 0.25) is 0 Å². The summed E-state index contributed by atoms with van der Waals surface area (Å²) in [7, 11) is 1.32. The molecule has 0 saturated carbocycles. The number of benzene rings is 2. The molecule has 1 aliphatic carbocycles. The average Bonchev–Trinajstić information content (AvgIpc) is 3.13. The van der Waals surface area contributed by atoms with E-state index in [-0.39, 0.29) is 23.7 Å². The molecule has 0 aliphatic heterocycles. The van der Waals surface area contributed by atoms with Gasteiger partial charge < -0.3 is 20.5 Å². The zero-order chi connectivity index (χ0) is 37.5. The predicted octanol–water partition coefficient (Wildman–Crippen LogP) is 6.66. The molecule has 2 aromatic carbocycles. The number of nitrogens with zero attached hydrogens (tertiary/aromatic N) is 3. The van der Waals surface area contributed by atoms with E-state index in [1.165, 1.54) is 25.4 Å². The summed E-state index contributed by atoms with van der Waals surface area (Å²) in [6.45, 7) is 7.90. The summed E-state index contributed by atoms with van der Waals surface area (Å²) in [5.41, 5.74) is 2.74. The zero-order valence-electron chi connectivity index (χ0n) is 29.4. The fourth-order valence-electron chi connectivity index (χ4n) is 5.50. The van der Waals surface area contributed by atoms with Gasteiger partial charge in [-0.3, -0.25) is 14.4 Å². The van der Waals surface area contributed by atoms with Crippen LogP contribution in [0.1, 0.15) is 83.4 Å². The molecule has 276 valence electrons. The highest BCUT2D eigenvalue weighted by molar-refractivity contribution is 7.94. The van der Waals surface area contributed by atoms with Gasteiger partial charge in [-0.25, -0.2) is 14.7 Å². The largest absolute Gasteiger partial charge is 0.493 e. The van der Waals surface area contributed by atoms with E-state index in [1.807, 2.05) is 36.4 Å². The van der Waals surface area contributed by atoms with E-state index < -0.39 is 29.4 Å². The molecule has 1 aromatic heterocycles. The number of pyridine rings is 1. The molecule has 4 rings (SSSR count). The lowest BCUT2D eigenvalue weighted by molar-refractivity contribution is -0.447. The Morgan fingerprint density at radius 2 is 1.90 bits per heavy atom. The van der Waals surface area contributed by atoms with Crippen LogP contribution >= 0.6 is 12.0 Å². The normalized spacial score (nSPS) is 13.3. The Labute approximate surface area is 306 Å². The molecule has 14 nitrogen and oxygen atoms in total. The number of aromatic nitrogens is 1. The van der Waals surface area contributed by atoms with Crippen molar-refractivity contribution in [2.45, 2.75) is 76.4 Å². The summed E-state index contributed by atoms with van der Waals surface area (Å²) < 4.78 is 10.9. The number of rotatable bonds is 20. The number of amides is 2. The Morgan fingerprint density at radius 1 is 1.10 bits per heavy atom. The van der Waals surface area contributed by atoms with Crippen LogP contribution < -0.4 is 15.4 Å². The number of nitrogens with one attached hydrogen (secondary N) is 2. The Kier molecular flexibility index (Phi) is 15.0. The minimum absolute atomic E-state index is 0.0671. The number of allylic oxidation sites excluding steroid dienone is 1. The lowest BCUT2D eigenvalue weighted by Gasteiger charge is -2.26. The van der Waals surface area contributed by atoms with Crippen molar-refractivity contribution in [1.29, 1.82) is 0 Å². The Balaban J connectivity index is 1.25. The van der Waals surface area contributed by atoms with E-state index in [9.17, 15) is 24.3 Å². The summed E-state index contributed by atoms with van der Waals surface area (Å²) in [6.07, 6.45) is 5.91. The summed E-state index contributed by atoms with van der Waals surface area (Å²) in [6, 6.07) is 13.9. The Bertz CT molecular complexity index is 1760. The molecule has 0 bridgehead atoms. The van der Waals surface area contributed by atoms with E-state index in [0.29, 0.717) is 38.7 Å². The second kappa shape index (κ2) is 19.6. The summed E-state index contributed by atoms with van der Waals surface area (Å²) in [5.74, 6) is -1.58. The molecule has 0 unspecified atom stereocenters. The van der Waals surface area contributed by atoms with Crippen LogP contribution in [0, 0.1) is 5.41 Å². The maximum atomic E-state index is 13.1. The smallest absolute Gasteiger partial charge is 0.347 e. The van der Waals surface area contributed by atoms with Crippen LogP contribution in [0.5, 0.6) is 5.75 Å². The number of aliphatic carboxylic acids is 1. The SMILES string of the molecule is C=CCc1c(OCCCCC(C)(C)C(=O)N[C@@H](NC(=O)c2ccc(N=NCc3ccccc3SOOOC)nc2)C(=O)O)ccc2c1CCCC2=O. The van der Waals surface area contributed by atoms with Gasteiger partial charge in [0, 0.05) is 34.1 Å². The van der Waals surface area contributed by atoms with Gasteiger partial charge in [-0.05, 0) is 80.0 Å². The summed E-state index contributed by atoms with van der Waals surface area (Å²) in [5, 5.41) is 27.2. The first-order valence-electron chi connectivity index (χ1n) is 16.8. The Hall–Kier alpha value is -4.96. The highest BCUT2D eigenvalue weighted by atomic mass is 32.2. The number of ketones is 1. The van der Waals surface area contributed by atoms with Crippen molar-refractivity contribution in [1.82, 2.24) is 15.6 Å². The minimum Gasteiger partial charge on any atom is -0.493 e. The van der Waals surface area contributed by atoms with Gasteiger partial charge in [-0.15, -0.1) is 16.0 Å². The van der Waals surface area contributed by atoms with Crippen LogP contribution in [-0.2, 0) is 43.2 Å². The highest BCUT2D eigenvalue weighted by Gasteiger charge is 2.32. The number of ether oxygens (including phenoxy) is 1. The fraction of sp³-hybridized carbons (Fsp3) is 0.378. The highest BCUT2D eigenvalue weighted by Crippen LogP contribution is 2.32. The van der Waals surface area contributed by atoms with Crippen molar-refractivity contribution >= 4 is 41.4 Å². The third-order valence-electron chi connectivity index (χ3n) is 8.35. The van der Waals surface area contributed by atoms with Crippen molar-refractivity contribution < 1.29 is 43.3 Å². The molecule has 2 amide bonds. The van der Waals surface area contributed by atoms with Gasteiger partial charge in [0.2, 0.25) is 12.1 Å². The number of azo groups is 1. The van der Waals surface area contributed by atoms with Gasteiger partial charge in [0.1, 0.15) is 5.75 Å². The maximum Gasteiger partial charge on any atom is 0.347 e. The van der Waals surface area contributed by atoms with E-state index in [0.717, 1.165) is 57.8 Å². The van der Waals surface area contributed by atoms with Gasteiger partial charge in [-0.2, -0.15) is 5.11 Å². The summed E-state index contributed by atoms with van der Waals surface area (Å²) in [4.78, 5) is 59.6. The molecule has 52 heavy (non-hydrogen) atoms. The first kappa shape index (κ1) is 39.8. The predicted molar refractivity (Wildman–Crippen MR) is 192 cm³/mol. The van der Waals surface area contributed by atoms with E-state index >= 15 is 0 Å². The van der Waals surface area contributed by atoms with Gasteiger partial charge in [0.05, 0.1) is 37.9 Å². The molecule has 0 saturated heterocycles. The van der Waals surface area contributed by atoms with Gasteiger partial charge in [-0.1, -0.05) is 43.2 Å². The molecule has 1 atom stereocenters. The van der Waals surface area contributed by atoms with Gasteiger partial charge in [0.15, 0.2) is 11.6 Å². The second-order valence-electron chi connectivity index (χ2n) is 12.5. The van der Waals surface area contributed by atoms with E-state index in [2.05, 4.69) is 42.4 Å². The first-order chi connectivity index (χ1) is 25.0. The average molecular weight is 734 g/mol. The molecular formula is C37H43N5O9S. The number of fused-ring (bicyclic) bond motifs is 1. The topological polar surface area (TPSA) is 187 Å². The first-order valence-corrected chi connectivity index (χ1v) is 17.5. The van der Waals surface area contributed by atoms with Crippen LogP contribution in [-0.4, -0.2) is 53.5 Å². The number of carbonyl (C=O) groups excluding carboxylic acids is 3. The molecule has 1 heterocycles. The van der Waals surface area contributed by atoms with Crippen molar-refractivity contribution in [3.63, 3.8) is 0 Å². The van der Waals surface area contributed by atoms with Crippen LogP contribution in [0.15, 0.2) is 82.5 Å². The van der Waals surface area contributed by atoms with E-state index in [4.69, 9.17) is 9.07 Å². The van der Waals surface area contributed by atoms with Crippen molar-refractivity contribution in [3.8, 4) is 5.75 Å². The number of carbonyl (C=O) groups is 4. The molecule has 3 aromatic rings. The monoisotopic (exact) mass is 733 g/mol. The number of hydrogen-bond acceptors (Lipinski definition) is 12. The quantitative estimate of drug-likeness (QED) is 0.0214.